The molecule has 0 saturated heterocycles. The second-order valence-electron chi connectivity index (χ2n) is 7.29. The van der Waals surface area contributed by atoms with Gasteiger partial charge in [-0.1, -0.05) is 6.07 Å². The molecule has 2 aromatic rings. The summed E-state index contributed by atoms with van der Waals surface area (Å²) in [7, 11) is 0. The van der Waals surface area contributed by atoms with Gasteiger partial charge in [0.2, 0.25) is 0 Å². The lowest BCUT2D eigenvalue weighted by atomic mass is 9.84. The zero-order valence-corrected chi connectivity index (χ0v) is 17.0. The quantitative estimate of drug-likeness (QED) is 0.390. The Kier molecular flexibility index (Phi) is 7.10. The van der Waals surface area contributed by atoms with Crippen molar-refractivity contribution in [2.75, 3.05) is 0 Å². The fraction of sp³-hybridized carbons (Fsp3) is 0.368. The largest absolute Gasteiger partial charge is 0.598 e. The number of nitrogens with one attached hydrogen (secondary N) is 1. The Labute approximate surface area is 173 Å². The van der Waals surface area contributed by atoms with Gasteiger partial charge in [-0.25, -0.2) is 8.78 Å². The van der Waals surface area contributed by atoms with Crippen LogP contribution in [0.15, 0.2) is 36.5 Å². The van der Waals surface area contributed by atoms with Crippen LogP contribution < -0.4 is 9.46 Å². The van der Waals surface area contributed by atoms with Crippen LogP contribution in [0.25, 0.3) is 0 Å². The molecule has 0 aliphatic carbocycles. The molecule has 2 atom stereocenters. The molecule has 0 aliphatic heterocycles. The van der Waals surface area contributed by atoms with Crippen LogP contribution in [0.2, 0.25) is 0 Å². The summed E-state index contributed by atoms with van der Waals surface area (Å²) in [5.74, 6) is -3.39. The number of rotatable bonds is 7. The number of carbonyl (C=O) groups excluding carboxylic acids is 1. The zero-order valence-electron chi connectivity index (χ0n) is 16.2. The van der Waals surface area contributed by atoms with Gasteiger partial charge < -0.3 is 14.1 Å². The lowest BCUT2D eigenvalue weighted by molar-refractivity contribution is -0.275. The highest BCUT2D eigenvalue weighted by Crippen LogP contribution is 2.37. The number of carbonyl (C=O) groups is 1. The third-order valence-electron chi connectivity index (χ3n) is 4.03. The summed E-state index contributed by atoms with van der Waals surface area (Å²) in [5.41, 5.74) is -2.43. The van der Waals surface area contributed by atoms with Gasteiger partial charge in [0, 0.05) is 24.0 Å². The van der Waals surface area contributed by atoms with Crippen molar-refractivity contribution in [1.29, 1.82) is 0 Å². The Balaban J connectivity index is 2.70. The molecule has 1 aromatic carbocycles. The van der Waals surface area contributed by atoms with E-state index in [0.717, 1.165) is 12.1 Å². The molecule has 0 amide bonds. The molecule has 0 bridgehead atoms. The number of nitrogens with zero attached hydrogens (tertiary/aromatic N) is 1. The molecule has 30 heavy (non-hydrogen) atoms. The van der Waals surface area contributed by atoms with E-state index in [4.69, 9.17) is 0 Å². The van der Waals surface area contributed by atoms with Crippen molar-refractivity contribution in [1.82, 2.24) is 9.71 Å². The van der Waals surface area contributed by atoms with E-state index < -0.39 is 51.8 Å². The summed E-state index contributed by atoms with van der Waals surface area (Å²) < 4.78 is 84.6. The predicted molar refractivity (Wildman–Crippen MR) is 99.8 cm³/mol. The van der Waals surface area contributed by atoms with Crippen molar-refractivity contribution in [2.24, 2.45) is 0 Å². The van der Waals surface area contributed by atoms with Gasteiger partial charge >= 0.3 is 6.36 Å². The summed E-state index contributed by atoms with van der Waals surface area (Å²) in [6.45, 7) is 4.83. The number of aldehydes is 1. The average molecular weight is 450 g/mol. The second-order valence-corrected chi connectivity index (χ2v) is 9.25. The Morgan fingerprint density at radius 2 is 1.83 bits per heavy atom. The van der Waals surface area contributed by atoms with Crippen LogP contribution in [0.5, 0.6) is 5.75 Å². The molecule has 1 unspecified atom stereocenters. The molecule has 0 fully saturated rings. The van der Waals surface area contributed by atoms with E-state index in [2.05, 4.69) is 14.4 Å². The van der Waals surface area contributed by atoms with E-state index in [9.17, 15) is 31.3 Å². The topological polar surface area (TPSA) is 74.3 Å². The molecule has 1 heterocycles. The molecule has 0 saturated carbocycles. The van der Waals surface area contributed by atoms with Crippen LogP contribution in [0.3, 0.4) is 0 Å². The molecule has 0 aliphatic rings. The van der Waals surface area contributed by atoms with Crippen LogP contribution in [0.4, 0.5) is 22.0 Å². The second kappa shape index (κ2) is 8.86. The van der Waals surface area contributed by atoms with Gasteiger partial charge in [0.1, 0.15) is 28.1 Å². The first-order valence-electron chi connectivity index (χ1n) is 8.60. The van der Waals surface area contributed by atoms with E-state index in [1.165, 1.54) is 12.3 Å². The normalized spacial score (nSPS) is 15.4. The minimum atomic E-state index is -5.12. The van der Waals surface area contributed by atoms with Gasteiger partial charge in [-0.15, -0.1) is 17.9 Å². The fourth-order valence-electron chi connectivity index (χ4n) is 2.61. The monoisotopic (exact) mass is 450 g/mol. The first-order chi connectivity index (χ1) is 13.8. The number of benzene rings is 1. The summed E-state index contributed by atoms with van der Waals surface area (Å²) in [4.78, 5) is 15.4. The Morgan fingerprint density at radius 1 is 1.17 bits per heavy atom. The fourth-order valence-corrected chi connectivity index (χ4v) is 3.53. The molecule has 164 valence electrons. The number of alkyl halides is 3. The van der Waals surface area contributed by atoms with Gasteiger partial charge in [-0.3, -0.25) is 4.98 Å². The summed E-state index contributed by atoms with van der Waals surface area (Å²) in [6.07, 6.45) is -4.04. The molecule has 5 nitrogen and oxygen atoms in total. The summed E-state index contributed by atoms with van der Waals surface area (Å²) in [5, 5.41) is 0. The molecular formula is C19H19F5N2O3S. The van der Waals surface area contributed by atoms with Gasteiger partial charge in [0.05, 0.1) is 0 Å². The standard InChI is InChI=1S/C19H19F5N2O3S/c1-17(2,3)30(28)26-18(8-10-27,16-13(20)5-4-9-25-16)12-6-7-15(14(21)11-12)29-19(22,23)24/h4-7,9-11,26H,8H2,1-3H3/t18-,30?/m0/s1. The van der Waals surface area contributed by atoms with Gasteiger partial charge in [-0.05, 0) is 50.6 Å². The van der Waals surface area contributed by atoms with Crippen molar-refractivity contribution >= 4 is 17.6 Å². The lowest BCUT2D eigenvalue weighted by Gasteiger charge is -2.36. The van der Waals surface area contributed by atoms with Crippen LogP contribution in [0, 0.1) is 11.6 Å². The van der Waals surface area contributed by atoms with Crippen molar-refractivity contribution in [2.45, 2.75) is 43.8 Å². The van der Waals surface area contributed by atoms with E-state index in [1.807, 2.05) is 0 Å². The number of hydrogen-bond donors (Lipinski definition) is 1. The highest BCUT2D eigenvalue weighted by atomic mass is 32.2. The van der Waals surface area contributed by atoms with Gasteiger partial charge in [0.25, 0.3) is 0 Å². The zero-order chi connectivity index (χ0) is 22.7. The Morgan fingerprint density at radius 3 is 2.33 bits per heavy atom. The number of pyridine rings is 1. The van der Waals surface area contributed by atoms with E-state index in [-0.39, 0.29) is 11.3 Å². The van der Waals surface area contributed by atoms with Crippen molar-refractivity contribution in [3.8, 4) is 5.75 Å². The van der Waals surface area contributed by atoms with Crippen molar-refractivity contribution in [3.05, 3.63) is 59.4 Å². The van der Waals surface area contributed by atoms with E-state index in [1.54, 1.807) is 20.8 Å². The maximum Gasteiger partial charge on any atom is 0.573 e. The van der Waals surface area contributed by atoms with Crippen molar-refractivity contribution < 1.29 is 36.0 Å². The van der Waals surface area contributed by atoms with Crippen LogP contribution in [0.1, 0.15) is 38.4 Å². The smallest absolute Gasteiger partial charge is 0.573 e. The van der Waals surface area contributed by atoms with Gasteiger partial charge in [0.15, 0.2) is 11.6 Å². The van der Waals surface area contributed by atoms with E-state index in [0.29, 0.717) is 18.4 Å². The predicted octanol–water partition coefficient (Wildman–Crippen LogP) is 4.14. The Hall–Kier alpha value is -2.24. The molecule has 0 spiro atoms. The maximum atomic E-state index is 14.7. The van der Waals surface area contributed by atoms with E-state index >= 15 is 0 Å². The van der Waals surface area contributed by atoms with Crippen LogP contribution in [-0.2, 0) is 21.7 Å². The molecule has 2 rings (SSSR count). The third-order valence-corrected chi connectivity index (χ3v) is 5.67. The lowest BCUT2D eigenvalue weighted by Crippen LogP contribution is -2.53. The third kappa shape index (κ3) is 5.46. The highest BCUT2D eigenvalue weighted by Gasteiger charge is 2.45. The van der Waals surface area contributed by atoms with Crippen molar-refractivity contribution in [3.63, 3.8) is 0 Å². The van der Waals surface area contributed by atoms with Crippen LogP contribution >= 0.6 is 0 Å². The molecule has 1 aromatic heterocycles. The minimum absolute atomic E-state index is 0.156. The van der Waals surface area contributed by atoms with Crippen LogP contribution in [-0.4, -0.2) is 26.9 Å². The summed E-state index contributed by atoms with van der Waals surface area (Å²) >= 11 is -1.89. The minimum Gasteiger partial charge on any atom is -0.598 e. The average Bonchev–Trinajstić information content (AvgIpc) is 2.61. The van der Waals surface area contributed by atoms with Gasteiger partial charge in [-0.2, -0.15) is 0 Å². The maximum absolute atomic E-state index is 14.7. The molecule has 1 N–H and O–H groups in total. The highest BCUT2D eigenvalue weighted by molar-refractivity contribution is 7.90. The first kappa shape index (κ1) is 24.0. The number of aromatic nitrogens is 1. The SMILES string of the molecule is CC(C)(C)[S+]([O-])N[C@@](CC=O)(c1ccc(OC(F)(F)F)c(F)c1)c1ncccc1F. The summed E-state index contributed by atoms with van der Waals surface area (Å²) in [6, 6.07) is 4.70. The molecule has 11 heteroatoms. The number of halogens is 5. The molecule has 0 radical (unpaired) electrons. The molecular weight excluding hydrogens is 431 g/mol. The first-order valence-corrected chi connectivity index (χ1v) is 9.75. The Bertz CT molecular complexity index is 904. The number of ether oxygens (including phenoxy) is 1. The number of hydrogen-bond acceptors (Lipinski definition) is 5.